The van der Waals surface area contributed by atoms with Crippen LogP contribution in [0, 0.1) is 6.92 Å². The van der Waals surface area contributed by atoms with E-state index in [0.717, 1.165) is 14.5 Å². The van der Waals surface area contributed by atoms with Crippen LogP contribution in [0.15, 0.2) is 27.1 Å². The molecule has 0 radical (unpaired) electrons. The molecule has 0 atom stereocenters. The van der Waals surface area contributed by atoms with Gasteiger partial charge in [0, 0.05) is 37.3 Å². The molecule has 2 heterocycles. The van der Waals surface area contributed by atoms with Crippen LogP contribution in [-0.2, 0) is 23.5 Å². The van der Waals surface area contributed by atoms with Crippen molar-refractivity contribution >= 4 is 37.3 Å². The number of aromatic nitrogens is 2. The topological polar surface area (TPSA) is 64.0 Å². The summed E-state index contributed by atoms with van der Waals surface area (Å²) in [6, 6.07) is 1.63. The summed E-state index contributed by atoms with van der Waals surface area (Å²) in [6.45, 7) is 2.13. The maximum Gasteiger partial charge on any atom is 0.241 e. The van der Waals surface area contributed by atoms with Crippen LogP contribution in [0.1, 0.15) is 10.7 Å². The number of nitrogens with zero attached hydrogens (tertiary/aromatic N) is 2. The molecule has 8 heteroatoms. The van der Waals surface area contributed by atoms with Gasteiger partial charge in [0.25, 0.3) is 0 Å². The van der Waals surface area contributed by atoms with E-state index in [1.807, 2.05) is 17.8 Å². The minimum Gasteiger partial charge on any atom is -0.338 e. The van der Waals surface area contributed by atoms with Crippen LogP contribution in [0.4, 0.5) is 0 Å². The average Bonchev–Trinajstić information content (AvgIpc) is 2.86. The van der Waals surface area contributed by atoms with Crippen molar-refractivity contribution in [1.82, 2.24) is 14.3 Å². The summed E-state index contributed by atoms with van der Waals surface area (Å²) in [5.74, 6) is 0.853. The Labute approximate surface area is 124 Å². The fraction of sp³-hybridized carbons (Fsp3) is 0.364. The number of sulfonamides is 1. The van der Waals surface area contributed by atoms with Crippen LogP contribution >= 0.6 is 27.3 Å². The van der Waals surface area contributed by atoms with Crippen molar-refractivity contribution in [3.8, 4) is 0 Å². The third-order valence-corrected chi connectivity index (χ3v) is 5.96. The smallest absolute Gasteiger partial charge is 0.241 e. The Morgan fingerprint density at radius 2 is 2.26 bits per heavy atom. The normalized spacial score (nSPS) is 11.9. The van der Waals surface area contributed by atoms with Gasteiger partial charge in [0.15, 0.2) is 0 Å². The Morgan fingerprint density at radius 3 is 2.79 bits per heavy atom. The summed E-state index contributed by atoms with van der Waals surface area (Å²) in [5.41, 5.74) is 0. The monoisotopic (exact) mass is 363 g/mol. The number of imidazole rings is 1. The van der Waals surface area contributed by atoms with Crippen LogP contribution in [-0.4, -0.2) is 24.5 Å². The van der Waals surface area contributed by atoms with Crippen molar-refractivity contribution in [3.05, 3.63) is 32.9 Å². The highest BCUT2D eigenvalue weighted by Gasteiger charge is 2.19. The molecule has 0 spiro atoms. The quantitative estimate of drug-likeness (QED) is 0.884. The maximum atomic E-state index is 12.1. The van der Waals surface area contributed by atoms with Gasteiger partial charge in [-0.2, -0.15) is 0 Å². The van der Waals surface area contributed by atoms with Crippen LogP contribution in [0.25, 0.3) is 0 Å². The van der Waals surface area contributed by atoms with Crippen LogP contribution in [0.5, 0.6) is 0 Å². The molecular weight excluding hydrogens is 350 g/mol. The van der Waals surface area contributed by atoms with Crippen molar-refractivity contribution < 1.29 is 8.42 Å². The molecule has 0 fully saturated rings. The first kappa shape index (κ1) is 14.7. The predicted octanol–water partition coefficient (Wildman–Crippen LogP) is 2.07. The Morgan fingerprint density at radius 1 is 1.53 bits per heavy atom. The first-order valence-electron chi connectivity index (χ1n) is 5.62. The van der Waals surface area contributed by atoms with Crippen molar-refractivity contribution in [2.75, 3.05) is 6.54 Å². The Bertz CT molecular complexity index is 676. The van der Waals surface area contributed by atoms with Crippen molar-refractivity contribution in [2.45, 2.75) is 18.2 Å². The first-order chi connectivity index (χ1) is 8.90. The van der Waals surface area contributed by atoms with Crippen LogP contribution < -0.4 is 4.72 Å². The SMILES string of the molecule is Cc1sc(Br)cc1S(=O)(=O)NCCc1nccn1C. The van der Waals surface area contributed by atoms with Crippen molar-refractivity contribution in [1.29, 1.82) is 0 Å². The zero-order chi connectivity index (χ0) is 14.0. The molecule has 5 nitrogen and oxygen atoms in total. The zero-order valence-corrected chi connectivity index (χ0v) is 13.8. The molecule has 0 saturated carbocycles. The first-order valence-corrected chi connectivity index (χ1v) is 8.71. The molecule has 0 saturated heterocycles. The van der Waals surface area contributed by atoms with E-state index in [1.165, 1.54) is 11.3 Å². The van der Waals surface area contributed by atoms with Crippen LogP contribution in [0.3, 0.4) is 0 Å². The van der Waals surface area contributed by atoms with Gasteiger partial charge in [0.05, 0.1) is 8.68 Å². The standard InChI is InChI=1S/C11H14BrN3O2S2/c1-8-9(7-10(12)18-8)19(16,17)14-4-3-11-13-5-6-15(11)2/h5-7,14H,3-4H2,1-2H3. The minimum absolute atomic E-state index is 0.333. The maximum absolute atomic E-state index is 12.1. The van der Waals surface area contributed by atoms with Gasteiger partial charge in [0.2, 0.25) is 10.0 Å². The van der Waals surface area contributed by atoms with Gasteiger partial charge in [-0.05, 0) is 28.9 Å². The molecule has 0 bridgehead atoms. The lowest BCUT2D eigenvalue weighted by atomic mass is 10.4. The molecular formula is C11H14BrN3O2S2. The fourth-order valence-corrected chi connectivity index (χ4v) is 5.15. The number of thiophene rings is 1. The number of hydrogen-bond donors (Lipinski definition) is 1. The summed E-state index contributed by atoms with van der Waals surface area (Å²) in [6.07, 6.45) is 4.10. The second kappa shape index (κ2) is 5.74. The second-order valence-corrected chi connectivity index (χ2v) is 8.44. The van der Waals surface area contributed by atoms with Gasteiger partial charge in [-0.25, -0.2) is 18.1 Å². The molecule has 104 valence electrons. The average molecular weight is 364 g/mol. The molecule has 19 heavy (non-hydrogen) atoms. The van der Waals surface area contributed by atoms with E-state index in [2.05, 4.69) is 25.6 Å². The number of aryl methyl sites for hydroxylation is 2. The molecule has 0 aromatic carbocycles. The van der Waals surface area contributed by atoms with Gasteiger partial charge in [0.1, 0.15) is 5.82 Å². The summed E-state index contributed by atoms with van der Waals surface area (Å²) in [4.78, 5) is 5.26. The van der Waals surface area contributed by atoms with E-state index >= 15 is 0 Å². The summed E-state index contributed by atoms with van der Waals surface area (Å²) >= 11 is 4.71. The van der Waals surface area contributed by atoms with Crippen LogP contribution in [0.2, 0.25) is 0 Å². The lowest BCUT2D eigenvalue weighted by Gasteiger charge is -2.06. The molecule has 2 rings (SSSR count). The van der Waals surface area contributed by atoms with Crippen molar-refractivity contribution in [2.24, 2.45) is 7.05 Å². The lowest BCUT2D eigenvalue weighted by Crippen LogP contribution is -2.26. The molecule has 2 aromatic rings. The highest BCUT2D eigenvalue weighted by Crippen LogP contribution is 2.29. The molecule has 2 aromatic heterocycles. The van der Waals surface area contributed by atoms with E-state index in [9.17, 15) is 8.42 Å². The second-order valence-electron chi connectivity index (χ2n) is 4.07. The number of hydrogen-bond acceptors (Lipinski definition) is 4. The van der Waals surface area contributed by atoms with Gasteiger partial charge in [-0.3, -0.25) is 0 Å². The molecule has 0 aliphatic carbocycles. The highest BCUT2D eigenvalue weighted by molar-refractivity contribution is 9.11. The number of halogens is 1. The number of nitrogens with one attached hydrogen (secondary N) is 1. The molecule has 0 amide bonds. The predicted molar refractivity (Wildman–Crippen MR) is 78.9 cm³/mol. The Hall–Kier alpha value is -0.700. The molecule has 1 N–H and O–H groups in total. The molecule has 0 aliphatic rings. The van der Waals surface area contributed by atoms with Gasteiger partial charge in [-0.1, -0.05) is 0 Å². The Kier molecular flexibility index (Phi) is 4.44. The summed E-state index contributed by atoms with van der Waals surface area (Å²) < 4.78 is 29.5. The Balaban J connectivity index is 2.03. The highest BCUT2D eigenvalue weighted by atomic mass is 79.9. The minimum atomic E-state index is -3.44. The van der Waals surface area contributed by atoms with E-state index < -0.39 is 10.0 Å². The third kappa shape index (κ3) is 3.44. The van der Waals surface area contributed by atoms with E-state index in [4.69, 9.17) is 0 Å². The molecule has 0 aliphatic heterocycles. The van der Waals surface area contributed by atoms with Gasteiger partial charge in [-0.15, -0.1) is 11.3 Å². The zero-order valence-electron chi connectivity index (χ0n) is 10.6. The third-order valence-electron chi connectivity index (χ3n) is 2.69. The summed E-state index contributed by atoms with van der Waals surface area (Å²) in [5, 5.41) is 0. The van der Waals surface area contributed by atoms with E-state index in [1.54, 1.807) is 19.2 Å². The molecule has 0 unspecified atom stereocenters. The summed E-state index contributed by atoms with van der Waals surface area (Å²) in [7, 11) is -1.56. The number of rotatable bonds is 5. The van der Waals surface area contributed by atoms with Gasteiger partial charge < -0.3 is 4.57 Å². The van der Waals surface area contributed by atoms with E-state index in [-0.39, 0.29) is 0 Å². The fourth-order valence-electron chi connectivity index (χ4n) is 1.71. The largest absolute Gasteiger partial charge is 0.338 e. The lowest BCUT2D eigenvalue weighted by molar-refractivity contribution is 0.580. The van der Waals surface area contributed by atoms with Gasteiger partial charge >= 0.3 is 0 Å². The van der Waals surface area contributed by atoms with E-state index in [0.29, 0.717) is 17.9 Å². The van der Waals surface area contributed by atoms with Crippen molar-refractivity contribution in [3.63, 3.8) is 0 Å².